The van der Waals surface area contributed by atoms with E-state index in [0.717, 1.165) is 27.7 Å². The van der Waals surface area contributed by atoms with Gasteiger partial charge < -0.3 is 0 Å². The predicted octanol–water partition coefficient (Wildman–Crippen LogP) is 3.76. The van der Waals surface area contributed by atoms with Crippen LogP contribution in [0.5, 0.6) is 0 Å². The van der Waals surface area contributed by atoms with E-state index >= 15 is 0 Å². The van der Waals surface area contributed by atoms with Gasteiger partial charge in [-0.3, -0.25) is 0 Å². The monoisotopic (exact) mass is 234 g/mol. The summed E-state index contributed by atoms with van der Waals surface area (Å²) in [4.78, 5) is 0. The van der Waals surface area contributed by atoms with Crippen molar-refractivity contribution in [2.75, 3.05) is 0 Å². The fourth-order valence-electron chi connectivity index (χ4n) is 1.69. The zero-order chi connectivity index (χ0) is 11.9. The summed E-state index contributed by atoms with van der Waals surface area (Å²) < 4.78 is 1.94. The first-order valence-corrected chi connectivity index (χ1v) is 5.68. The highest BCUT2D eigenvalue weighted by molar-refractivity contribution is 6.31. The molecule has 0 aliphatic carbocycles. The molecule has 2 aromatic rings. The Morgan fingerprint density at radius 1 is 1.12 bits per heavy atom. The largest absolute Gasteiger partial charge is 0.238 e. The van der Waals surface area contributed by atoms with Crippen LogP contribution in [0, 0.1) is 27.7 Å². The van der Waals surface area contributed by atoms with Crippen molar-refractivity contribution in [3.8, 4) is 5.69 Å². The number of hydrogen-bond donors (Lipinski definition) is 0. The van der Waals surface area contributed by atoms with Crippen molar-refractivity contribution in [3.63, 3.8) is 0 Å². The van der Waals surface area contributed by atoms with Gasteiger partial charge in [-0.05, 0) is 51.0 Å². The van der Waals surface area contributed by atoms with Gasteiger partial charge in [0.05, 0.1) is 11.4 Å². The second kappa shape index (κ2) is 3.95. The quantitative estimate of drug-likeness (QED) is 0.735. The molecule has 1 aromatic carbocycles. The van der Waals surface area contributed by atoms with Gasteiger partial charge in [-0.2, -0.15) is 5.10 Å². The minimum Gasteiger partial charge on any atom is -0.238 e. The van der Waals surface area contributed by atoms with Crippen molar-refractivity contribution in [2.45, 2.75) is 27.7 Å². The fourth-order valence-corrected chi connectivity index (χ4v) is 1.86. The average Bonchev–Trinajstić information content (AvgIpc) is 2.50. The summed E-state index contributed by atoms with van der Waals surface area (Å²) in [5.74, 6) is 0. The van der Waals surface area contributed by atoms with Gasteiger partial charge in [-0.25, -0.2) is 4.68 Å². The molecule has 0 unspecified atom stereocenters. The zero-order valence-corrected chi connectivity index (χ0v) is 10.8. The number of benzene rings is 1. The molecule has 1 heterocycles. The maximum absolute atomic E-state index is 6.12. The van der Waals surface area contributed by atoms with Gasteiger partial charge in [0.15, 0.2) is 0 Å². The van der Waals surface area contributed by atoms with E-state index in [1.165, 1.54) is 5.56 Å². The molecule has 2 nitrogen and oxygen atoms in total. The molecule has 0 N–H and O–H groups in total. The van der Waals surface area contributed by atoms with Gasteiger partial charge in [0, 0.05) is 10.7 Å². The molecule has 3 heteroatoms. The number of halogens is 1. The Morgan fingerprint density at radius 2 is 1.81 bits per heavy atom. The molecule has 1 aromatic heterocycles. The van der Waals surface area contributed by atoms with Crippen LogP contribution in [0.4, 0.5) is 0 Å². The number of aryl methyl sites for hydroxylation is 2. The Hall–Kier alpha value is -1.28. The Balaban J connectivity index is 2.59. The second-order valence-corrected chi connectivity index (χ2v) is 4.55. The van der Waals surface area contributed by atoms with E-state index in [9.17, 15) is 0 Å². The summed E-state index contributed by atoms with van der Waals surface area (Å²) in [5.41, 5.74) is 5.57. The molecule has 0 atom stereocenters. The number of aromatic nitrogens is 2. The van der Waals surface area contributed by atoms with Crippen molar-refractivity contribution in [3.05, 3.63) is 45.7 Å². The molecule has 84 valence electrons. The molecule has 0 spiro atoms. The molecule has 0 bridgehead atoms. The lowest BCUT2D eigenvalue weighted by atomic mass is 10.2. The minimum absolute atomic E-state index is 0.780. The summed E-state index contributed by atoms with van der Waals surface area (Å²) in [6.45, 7) is 8.18. The first-order chi connectivity index (χ1) is 7.50. The number of rotatable bonds is 1. The lowest BCUT2D eigenvalue weighted by Gasteiger charge is -2.06. The summed E-state index contributed by atoms with van der Waals surface area (Å²) in [6.07, 6.45) is 0. The third-order valence-electron chi connectivity index (χ3n) is 3.05. The predicted molar refractivity (Wildman–Crippen MR) is 67.5 cm³/mol. The van der Waals surface area contributed by atoms with Crippen LogP contribution in [-0.4, -0.2) is 9.78 Å². The molecule has 16 heavy (non-hydrogen) atoms. The third-order valence-corrected chi connectivity index (χ3v) is 3.46. The SMILES string of the molecule is Cc1ccc(-n2nc(C)c(C)c2C)cc1Cl. The van der Waals surface area contributed by atoms with E-state index in [0.29, 0.717) is 0 Å². The van der Waals surface area contributed by atoms with E-state index in [1.54, 1.807) is 0 Å². The molecule has 0 aliphatic heterocycles. The summed E-state index contributed by atoms with van der Waals surface area (Å²) in [5, 5.41) is 5.29. The van der Waals surface area contributed by atoms with Gasteiger partial charge in [-0.15, -0.1) is 0 Å². The Morgan fingerprint density at radius 3 is 2.31 bits per heavy atom. The van der Waals surface area contributed by atoms with Crippen LogP contribution in [0.25, 0.3) is 5.69 Å². The smallest absolute Gasteiger partial charge is 0.0663 e. The third kappa shape index (κ3) is 1.74. The van der Waals surface area contributed by atoms with E-state index < -0.39 is 0 Å². The Bertz CT molecular complexity index is 541. The molecular formula is C13H15ClN2. The molecule has 0 aliphatic rings. The van der Waals surface area contributed by atoms with Crippen LogP contribution < -0.4 is 0 Å². The van der Waals surface area contributed by atoms with E-state index in [2.05, 4.69) is 18.9 Å². The fraction of sp³-hybridized carbons (Fsp3) is 0.308. The Labute approximate surface area is 101 Å². The van der Waals surface area contributed by atoms with Crippen molar-refractivity contribution < 1.29 is 0 Å². The minimum atomic E-state index is 0.780. The highest BCUT2D eigenvalue weighted by Crippen LogP contribution is 2.22. The molecule has 0 amide bonds. The van der Waals surface area contributed by atoms with Crippen LogP contribution >= 0.6 is 11.6 Å². The van der Waals surface area contributed by atoms with Gasteiger partial charge in [0.2, 0.25) is 0 Å². The molecule has 0 radical (unpaired) electrons. The zero-order valence-electron chi connectivity index (χ0n) is 10.0. The average molecular weight is 235 g/mol. The van der Waals surface area contributed by atoms with E-state index in [-0.39, 0.29) is 0 Å². The van der Waals surface area contributed by atoms with Gasteiger partial charge in [-0.1, -0.05) is 17.7 Å². The number of hydrogen-bond acceptors (Lipinski definition) is 1. The number of nitrogens with zero attached hydrogens (tertiary/aromatic N) is 2. The van der Waals surface area contributed by atoms with Crippen LogP contribution in [0.15, 0.2) is 18.2 Å². The lowest BCUT2D eigenvalue weighted by Crippen LogP contribution is -1.99. The van der Waals surface area contributed by atoms with Crippen LogP contribution in [0.1, 0.15) is 22.5 Å². The lowest BCUT2D eigenvalue weighted by molar-refractivity contribution is 0.833. The van der Waals surface area contributed by atoms with Crippen LogP contribution in [-0.2, 0) is 0 Å². The second-order valence-electron chi connectivity index (χ2n) is 4.14. The molecule has 2 rings (SSSR count). The van der Waals surface area contributed by atoms with Gasteiger partial charge in [0.25, 0.3) is 0 Å². The van der Waals surface area contributed by atoms with Crippen LogP contribution in [0.2, 0.25) is 5.02 Å². The van der Waals surface area contributed by atoms with Crippen molar-refractivity contribution in [1.82, 2.24) is 9.78 Å². The maximum atomic E-state index is 6.12. The Kier molecular flexibility index (Phi) is 2.76. The highest BCUT2D eigenvalue weighted by Gasteiger charge is 2.09. The first kappa shape index (κ1) is 11.2. The highest BCUT2D eigenvalue weighted by atomic mass is 35.5. The normalized spacial score (nSPS) is 10.8. The van der Waals surface area contributed by atoms with Crippen molar-refractivity contribution >= 4 is 11.6 Å². The molecule has 0 saturated carbocycles. The maximum Gasteiger partial charge on any atom is 0.0663 e. The van der Waals surface area contributed by atoms with E-state index in [4.69, 9.17) is 11.6 Å². The van der Waals surface area contributed by atoms with Gasteiger partial charge in [0.1, 0.15) is 0 Å². The van der Waals surface area contributed by atoms with E-state index in [1.807, 2.05) is 36.7 Å². The van der Waals surface area contributed by atoms with Crippen molar-refractivity contribution in [1.29, 1.82) is 0 Å². The summed E-state index contributed by atoms with van der Waals surface area (Å²) >= 11 is 6.12. The summed E-state index contributed by atoms with van der Waals surface area (Å²) in [7, 11) is 0. The molecular weight excluding hydrogens is 220 g/mol. The molecule has 0 fully saturated rings. The van der Waals surface area contributed by atoms with Crippen LogP contribution in [0.3, 0.4) is 0 Å². The topological polar surface area (TPSA) is 17.8 Å². The van der Waals surface area contributed by atoms with Crippen molar-refractivity contribution in [2.24, 2.45) is 0 Å². The molecule has 0 saturated heterocycles. The standard InChI is InChI=1S/C13H15ClN2/c1-8-5-6-12(7-13(8)14)16-11(4)9(2)10(3)15-16/h5-7H,1-4H3. The summed E-state index contributed by atoms with van der Waals surface area (Å²) in [6, 6.07) is 6.01. The van der Waals surface area contributed by atoms with Gasteiger partial charge >= 0.3 is 0 Å². The first-order valence-electron chi connectivity index (χ1n) is 5.30.